The molecule has 0 saturated heterocycles. The number of amides is 2. The second-order valence-electron chi connectivity index (χ2n) is 4.98. The van der Waals surface area contributed by atoms with Crippen LogP contribution in [0.4, 0.5) is 5.69 Å². The Labute approximate surface area is 133 Å². The monoisotopic (exact) mass is 323 g/mol. The van der Waals surface area contributed by atoms with Crippen molar-refractivity contribution < 1.29 is 14.3 Å². The number of halogens is 1. The molecule has 1 aliphatic carbocycles. The number of carbonyl (C=O) groups is 2. The largest absolute Gasteiger partial charge is 0.495 e. The molecule has 22 heavy (non-hydrogen) atoms. The average molecular weight is 324 g/mol. The molecule has 6 nitrogen and oxygen atoms in total. The lowest BCUT2D eigenvalue weighted by Crippen LogP contribution is -2.33. The number of hydrogen-bond acceptors (Lipinski definition) is 4. The first-order valence-electron chi connectivity index (χ1n) is 7.10. The van der Waals surface area contributed by atoms with Crippen LogP contribution in [-0.2, 0) is 9.59 Å². The van der Waals surface area contributed by atoms with Crippen molar-refractivity contribution in [1.82, 2.24) is 5.43 Å². The summed E-state index contributed by atoms with van der Waals surface area (Å²) in [5.74, 6) is -1.22. The molecule has 2 rings (SSSR count). The van der Waals surface area contributed by atoms with Gasteiger partial charge >= 0.3 is 11.8 Å². The summed E-state index contributed by atoms with van der Waals surface area (Å²) in [5.41, 5.74) is 3.55. The third-order valence-electron chi connectivity index (χ3n) is 3.36. The van der Waals surface area contributed by atoms with Crippen molar-refractivity contribution in [2.75, 3.05) is 12.4 Å². The maximum Gasteiger partial charge on any atom is 0.329 e. The highest BCUT2D eigenvalue weighted by molar-refractivity contribution is 6.40. The minimum absolute atomic E-state index is 0.334. The third kappa shape index (κ3) is 4.46. The molecular formula is C15H18ClN3O3. The van der Waals surface area contributed by atoms with E-state index >= 15 is 0 Å². The van der Waals surface area contributed by atoms with Gasteiger partial charge in [-0.25, -0.2) is 5.43 Å². The Kier molecular flexibility index (Phi) is 5.77. The van der Waals surface area contributed by atoms with Crippen LogP contribution in [0, 0.1) is 0 Å². The number of ether oxygens (including phenoxy) is 1. The average Bonchev–Trinajstić information content (AvgIpc) is 2.53. The van der Waals surface area contributed by atoms with Gasteiger partial charge in [-0.2, -0.15) is 5.10 Å². The summed E-state index contributed by atoms with van der Waals surface area (Å²) in [6.45, 7) is 0. The van der Waals surface area contributed by atoms with Crippen LogP contribution in [0.25, 0.3) is 0 Å². The van der Waals surface area contributed by atoms with E-state index in [4.69, 9.17) is 16.3 Å². The van der Waals surface area contributed by atoms with Crippen LogP contribution >= 0.6 is 11.6 Å². The molecule has 0 radical (unpaired) electrons. The van der Waals surface area contributed by atoms with Crippen LogP contribution in [0.5, 0.6) is 5.75 Å². The highest BCUT2D eigenvalue weighted by atomic mass is 35.5. The fourth-order valence-electron chi connectivity index (χ4n) is 2.21. The van der Waals surface area contributed by atoms with Gasteiger partial charge in [0.2, 0.25) is 0 Å². The van der Waals surface area contributed by atoms with Crippen molar-refractivity contribution in [2.45, 2.75) is 32.1 Å². The normalized spacial score (nSPS) is 14.2. The van der Waals surface area contributed by atoms with Crippen molar-refractivity contribution in [2.24, 2.45) is 5.10 Å². The zero-order valence-corrected chi connectivity index (χ0v) is 13.1. The molecule has 0 atom stereocenters. The van der Waals surface area contributed by atoms with Crippen molar-refractivity contribution >= 4 is 34.8 Å². The summed E-state index contributed by atoms with van der Waals surface area (Å²) in [4.78, 5) is 23.6. The number of nitrogens with one attached hydrogen (secondary N) is 2. The van der Waals surface area contributed by atoms with Crippen LogP contribution < -0.4 is 15.5 Å². The lowest BCUT2D eigenvalue weighted by atomic mass is 9.99. The highest BCUT2D eigenvalue weighted by Gasteiger charge is 2.16. The Morgan fingerprint density at radius 2 is 1.91 bits per heavy atom. The second-order valence-corrected chi connectivity index (χ2v) is 5.41. The number of methoxy groups -OCH3 is 1. The number of carbonyl (C=O) groups excluding carboxylic acids is 2. The maximum absolute atomic E-state index is 11.9. The Hall–Kier alpha value is -2.08. The van der Waals surface area contributed by atoms with Crippen LogP contribution in [0.3, 0.4) is 0 Å². The SMILES string of the molecule is COc1ccc(Cl)cc1NC(=O)C(=O)NN=C1CCCCC1. The van der Waals surface area contributed by atoms with E-state index in [1.807, 2.05) is 0 Å². The highest BCUT2D eigenvalue weighted by Crippen LogP contribution is 2.27. The zero-order valence-electron chi connectivity index (χ0n) is 12.3. The Bertz CT molecular complexity index is 594. The van der Waals surface area contributed by atoms with Crippen LogP contribution in [-0.4, -0.2) is 24.6 Å². The van der Waals surface area contributed by atoms with Gasteiger partial charge in [0.25, 0.3) is 0 Å². The number of hydrogen-bond donors (Lipinski definition) is 2. The van der Waals surface area contributed by atoms with E-state index in [9.17, 15) is 9.59 Å². The molecule has 7 heteroatoms. The first kappa shape index (κ1) is 16.3. The van der Waals surface area contributed by atoms with E-state index in [0.29, 0.717) is 16.5 Å². The van der Waals surface area contributed by atoms with Crippen molar-refractivity contribution in [3.05, 3.63) is 23.2 Å². The fraction of sp³-hybridized carbons (Fsp3) is 0.400. The smallest absolute Gasteiger partial charge is 0.329 e. The summed E-state index contributed by atoms with van der Waals surface area (Å²) in [6.07, 6.45) is 5.05. The van der Waals surface area contributed by atoms with Gasteiger partial charge in [-0.3, -0.25) is 9.59 Å². The predicted molar refractivity (Wildman–Crippen MR) is 85.3 cm³/mol. The van der Waals surface area contributed by atoms with Crippen molar-refractivity contribution in [3.8, 4) is 5.75 Å². The molecule has 118 valence electrons. The molecule has 0 spiro atoms. The van der Waals surface area contributed by atoms with Crippen LogP contribution in [0.15, 0.2) is 23.3 Å². The molecule has 2 amide bonds. The minimum Gasteiger partial charge on any atom is -0.495 e. The molecule has 1 aromatic rings. The van der Waals surface area contributed by atoms with Crippen molar-refractivity contribution in [3.63, 3.8) is 0 Å². The zero-order chi connectivity index (χ0) is 15.9. The molecule has 2 N–H and O–H groups in total. The molecule has 1 fully saturated rings. The van der Waals surface area contributed by atoms with Crippen molar-refractivity contribution in [1.29, 1.82) is 0 Å². The number of nitrogens with zero attached hydrogens (tertiary/aromatic N) is 1. The molecule has 0 unspecified atom stereocenters. The van der Waals surface area contributed by atoms with Crippen LogP contribution in [0.2, 0.25) is 5.02 Å². The number of anilines is 1. The molecule has 1 aliphatic rings. The molecule has 0 bridgehead atoms. The quantitative estimate of drug-likeness (QED) is 0.663. The summed E-state index contributed by atoms with van der Waals surface area (Å²) in [6, 6.07) is 4.75. The van der Waals surface area contributed by atoms with Gasteiger partial charge in [0, 0.05) is 10.7 Å². The van der Waals surface area contributed by atoms with Gasteiger partial charge in [-0.05, 0) is 43.9 Å². The Balaban J connectivity index is 1.96. The summed E-state index contributed by atoms with van der Waals surface area (Å²) < 4.78 is 5.10. The molecule has 0 aliphatic heterocycles. The van der Waals surface area contributed by atoms with Crippen LogP contribution in [0.1, 0.15) is 32.1 Å². The summed E-state index contributed by atoms with van der Waals surface area (Å²) in [7, 11) is 1.47. The molecule has 0 aromatic heterocycles. The minimum atomic E-state index is -0.819. The van der Waals surface area contributed by atoms with E-state index in [1.165, 1.54) is 19.6 Å². The fourth-order valence-corrected chi connectivity index (χ4v) is 2.38. The maximum atomic E-state index is 11.9. The lowest BCUT2D eigenvalue weighted by Gasteiger charge is -2.12. The molecule has 0 heterocycles. The third-order valence-corrected chi connectivity index (χ3v) is 3.60. The number of hydrazone groups is 1. The van der Waals surface area contributed by atoms with E-state index in [1.54, 1.807) is 12.1 Å². The molecular weight excluding hydrogens is 306 g/mol. The van der Waals surface area contributed by atoms with E-state index in [-0.39, 0.29) is 0 Å². The Morgan fingerprint density at radius 3 is 2.59 bits per heavy atom. The molecule has 1 aromatic carbocycles. The lowest BCUT2D eigenvalue weighted by molar-refractivity contribution is -0.136. The Morgan fingerprint density at radius 1 is 1.18 bits per heavy atom. The first-order chi connectivity index (χ1) is 10.6. The second kappa shape index (κ2) is 7.79. The predicted octanol–water partition coefficient (Wildman–Crippen LogP) is 2.72. The number of benzene rings is 1. The van der Waals surface area contributed by atoms with Gasteiger partial charge in [-0.15, -0.1) is 0 Å². The number of rotatable bonds is 3. The van der Waals surface area contributed by atoms with Gasteiger partial charge in [-0.1, -0.05) is 18.0 Å². The van der Waals surface area contributed by atoms with E-state index in [2.05, 4.69) is 15.8 Å². The topological polar surface area (TPSA) is 79.8 Å². The first-order valence-corrected chi connectivity index (χ1v) is 7.48. The van der Waals surface area contributed by atoms with E-state index in [0.717, 1.165) is 31.4 Å². The summed E-state index contributed by atoms with van der Waals surface area (Å²) in [5, 5.41) is 6.89. The van der Waals surface area contributed by atoms with Gasteiger partial charge in [0.15, 0.2) is 0 Å². The van der Waals surface area contributed by atoms with Gasteiger partial charge in [0.1, 0.15) is 5.75 Å². The van der Waals surface area contributed by atoms with E-state index < -0.39 is 11.8 Å². The van der Waals surface area contributed by atoms with Gasteiger partial charge < -0.3 is 10.1 Å². The molecule has 1 saturated carbocycles. The van der Waals surface area contributed by atoms with Gasteiger partial charge in [0.05, 0.1) is 12.8 Å². The summed E-state index contributed by atoms with van der Waals surface area (Å²) >= 11 is 5.87. The standard InChI is InChI=1S/C15H18ClN3O3/c1-22-13-8-7-10(16)9-12(13)17-14(20)15(21)19-18-11-5-3-2-4-6-11/h7-9H,2-6H2,1H3,(H,17,20)(H,19,21).